The predicted octanol–water partition coefficient (Wildman–Crippen LogP) is 3.12. The van der Waals surface area contributed by atoms with Crippen molar-refractivity contribution in [3.8, 4) is 11.4 Å². The van der Waals surface area contributed by atoms with Gasteiger partial charge in [-0.25, -0.2) is 15.0 Å². The van der Waals surface area contributed by atoms with Crippen LogP contribution >= 0.6 is 0 Å². The van der Waals surface area contributed by atoms with Crippen molar-refractivity contribution in [2.45, 2.75) is 19.8 Å². The summed E-state index contributed by atoms with van der Waals surface area (Å²) >= 11 is 0. The first kappa shape index (κ1) is 20.2. The Morgan fingerprint density at radius 2 is 1.77 bits per heavy atom. The molecule has 2 aromatic heterocycles. The Morgan fingerprint density at radius 3 is 2.45 bits per heavy atom. The number of fused-ring (bicyclic) bond motifs is 1. The van der Waals surface area contributed by atoms with Crippen molar-refractivity contribution in [3.63, 3.8) is 0 Å². The van der Waals surface area contributed by atoms with E-state index in [-0.39, 0.29) is 11.5 Å². The number of aromatic nitrogens is 4. The Kier molecular flexibility index (Phi) is 5.70. The fourth-order valence-electron chi connectivity index (χ4n) is 3.15. The van der Waals surface area contributed by atoms with Gasteiger partial charge in [0.2, 0.25) is 5.91 Å². The third kappa shape index (κ3) is 4.42. The fourth-order valence-corrected chi connectivity index (χ4v) is 3.15. The summed E-state index contributed by atoms with van der Waals surface area (Å²) < 4.78 is 6.68. The third-order valence-electron chi connectivity index (χ3n) is 4.80. The van der Waals surface area contributed by atoms with Gasteiger partial charge in [0.15, 0.2) is 5.65 Å². The number of amides is 1. The summed E-state index contributed by atoms with van der Waals surface area (Å²) in [5, 5.41) is 2.79. The molecule has 0 aliphatic heterocycles. The number of carbonyl (C=O) groups is 1. The van der Waals surface area contributed by atoms with E-state index in [1.165, 1.54) is 10.8 Å². The second kappa shape index (κ2) is 8.74. The van der Waals surface area contributed by atoms with Crippen molar-refractivity contribution >= 4 is 22.8 Å². The van der Waals surface area contributed by atoms with Gasteiger partial charge in [-0.05, 0) is 42.0 Å². The van der Waals surface area contributed by atoms with Crippen molar-refractivity contribution in [1.29, 1.82) is 0 Å². The molecule has 31 heavy (non-hydrogen) atoms. The van der Waals surface area contributed by atoms with Gasteiger partial charge in [0.25, 0.3) is 5.56 Å². The summed E-state index contributed by atoms with van der Waals surface area (Å²) in [5.74, 6) is 1.28. The summed E-state index contributed by atoms with van der Waals surface area (Å²) in [7, 11) is 1.62. The lowest BCUT2D eigenvalue weighted by atomic mass is 10.1. The number of nitrogens with zero attached hydrogens (tertiary/aromatic N) is 4. The zero-order valence-corrected chi connectivity index (χ0v) is 17.2. The minimum atomic E-state index is -0.299. The van der Waals surface area contributed by atoms with E-state index in [0.717, 1.165) is 11.3 Å². The van der Waals surface area contributed by atoms with Gasteiger partial charge in [0.1, 0.15) is 17.1 Å². The monoisotopic (exact) mass is 415 g/mol. The smallest absolute Gasteiger partial charge is 0.275 e. The molecule has 1 N–H and O–H groups in total. The Bertz CT molecular complexity index is 1280. The molecule has 2 aromatic carbocycles. The summed E-state index contributed by atoms with van der Waals surface area (Å²) in [6.07, 6.45) is 3.77. The van der Waals surface area contributed by atoms with Crippen LogP contribution in [-0.2, 0) is 11.2 Å². The maximum absolute atomic E-state index is 12.6. The number of anilines is 1. The van der Waals surface area contributed by atoms with E-state index in [2.05, 4.69) is 20.3 Å². The number of rotatable bonds is 6. The van der Waals surface area contributed by atoms with E-state index in [1.54, 1.807) is 44.5 Å². The third-order valence-corrected chi connectivity index (χ3v) is 4.80. The van der Waals surface area contributed by atoms with Crippen LogP contribution in [0.2, 0.25) is 0 Å². The highest BCUT2D eigenvalue weighted by Gasteiger charge is 2.11. The van der Waals surface area contributed by atoms with E-state index in [9.17, 15) is 9.59 Å². The van der Waals surface area contributed by atoms with Crippen LogP contribution in [0.4, 0.5) is 5.69 Å². The molecule has 4 rings (SSSR count). The second-order valence-corrected chi connectivity index (χ2v) is 6.90. The highest BCUT2D eigenvalue weighted by atomic mass is 16.5. The van der Waals surface area contributed by atoms with Gasteiger partial charge in [-0.2, -0.15) is 0 Å². The maximum Gasteiger partial charge on any atom is 0.275 e. The van der Waals surface area contributed by atoms with E-state index in [0.29, 0.717) is 41.2 Å². The molecule has 4 aromatic rings. The van der Waals surface area contributed by atoms with E-state index >= 15 is 0 Å². The molecule has 0 fully saturated rings. The molecule has 0 atom stereocenters. The van der Waals surface area contributed by atoms with Crippen LogP contribution in [0.5, 0.6) is 5.75 Å². The van der Waals surface area contributed by atoms with Gasteiger partial charge < -0.3 is 10.1 Å². The first-order valence-corrected chi connectivity index (χ1v) is 9.84. The van der Waals surface area contributed by atoms with Gasteiger partial charge >= 0.3 is 0 Å². The number of benzene rings is 2. The lowest BCUT2D eigenvalue weighted by molar-refractivity contribution is -0.115. The van der Waals surface area contributed by atoms with Crippen LogP contribution in [0.25, 0.3) is 16.9 Å². The van der Waals surface area contributed by atoms with Crippen LogP contribution in [0.1, 0.15) is 24.7 Å². The molecule has 0 aliphatic carbocycles. The van der Waals surface area contributed by atoms with E-state index in [1.807, 2.05) is 24.3 Å². The van der Waals surface area contributed by atoms with Gasteiger partial charge in [0.05, 0.1) is 25.2 Å². The summed E-state index contributed by atoms with van der Waals surface area (Å²) in [6.45, 7) is 1.79. The van der Waals surface area contributed by atoms with Crippen molar-refractivity contribution in [3.05, 3.63) is 82.7 Å². The number of hydrogen-bond donors (Lipinski definition) is 1. The average molecular weight is 415 g/mol. The normalized spacial score (nSPS) is 10.8. The van der Waals surface area contributed by atoms with Crippen molar-refractivity contribution in [2.75, 3.05) is 12.4 Å². The molecule has 1 amide bonds. The summed E-state index contributed by atoms with van der Waals surface area (Å²) in [6, 6.07) is 14.7. The van der Waals surface area contributed by atoms with Crippen LogP contribution < -0.4 is 15.6 Å². The lowest BCUT2D eigenvalue weighted by Crippen LogP contribution is -2.20. The van der Waals surface area contributed by atoms with Gasteiger partial charge in [-0.15, -0.1) is 0 Å². The predicted molar refractivity (Wildman–Crippen MR) is 118 cm³/mol. The van der Waals surface area contributed by atoms with Gasteiger partial charge in [-0.3, -0.25) is 14.2 Å². The number of hydrogen-bond acceptors (Lipinski definition) is 6. The number of ether oxygens (including phenoxy) is 1. The highest BCUT2D eigenvalue weighted by molar-refractivity contribution is 5.90. The van der Waals surface area contributed by atoms with Crippen molar-refractivity contribution < 1.29 is 9.53 Å². The molecule has 0 aliphatic rings. The molecule has 0 spiro atoms. The van der Waals surface area contributed by atoms with Crippen LogP contribution in [0.3, 0.4) is 0 Å². The second-order valence-electron chi connectivity index (χ2n) is 6.90. The van der Waals surface area contributed by atoms with Gasteiger partial charge in [0, 0.05) is 18.5 Å². The maximum atomic E-state index is 12.6. The molecular weight excluding hydrogens is 394 g/mol. The van der Waals surface area contributed by atoms with Crippen LogP contribution in [0.15, 0.2) is 65.7 Å². The zero-order chi connectivity index (χ0) is 21.8. The van der Waals surface area contributed by atoms with E-state index in [4.69, 9.17) is 4.74 Å². The number of nitrogens with one attached hydrogen (secondary N) is 1. The Morgan fingerprint density at radius 1 is 1.03 bits per heavy atom. The molecule has 0 bridgehead atoms. The SMILES string of the molecule is CCC(=O)Nc1ccc(-n2c(=O)cnc3cnc(Cc4ccc(OC)cc4)nc32)cc1. The van der Waals surface area contributed by atoms with E-state index < -0.39 is 0 Å². The average Bonchev–Trinajstić information content (AvgIpc) is 2.80. The number of methoxy groups -OCH3 is 1. The van der Waals surface area contributed by atoms with Crippen molar-refractivity contribution in [2.24, 2.45) is 0 Å². The molecule has 156 valence electrons. The quantitative estimate of drug-likeness (QED) is 0.519. The molecule has 8 nitrogen and oxygen atoms in total. The molecule has 0 saturated carbocycles. The molecular formula is C23H21N5O3. The zero-order valence-electron chi connectivity index (χ0n) is 17.2. The molecule has 0 unspecified atom stereocenters. The topological polar surface area (TPSA) is 99.0 Å². The van der Waals surface area contributed by atoms with Gasteiger partial charge in [-0.1, -0.05) is 19.1 Å². The molecule has 8 heteroatoms. The Labute approximate surface area is 178 Å². The highest BCUT2D eigenvalue weighted by Crippen LogP contribution is 2.18. The Hall–Kier alpha value is -4.07. The first-order chi connectivity index (χ1) is 15.1. The lowest BCUT2D eigenvalue weighted by Gasteiger charge is -2.11. The minimum Gasteiger partial charge on any atom is -0.497 e. The van der Waals surface area contributed by atoms with Crippen LogP contribution in [-0.4, -0.2) is 32.5 Å². The minimum absolute atomic E-state index is 0.0739. The largest absolute Gasteiger partial charge is 0.497 e. The summed E-state index contributed by atoms with van der Waals surface area (Å²) in [5.41, 5.74) is 2.96. The Balaban J connectivity index is 1.71. The van der Waals surface area contributed by atoms with Crippen LogP contribution in [0, 0.1) is 0 Å². The summed E-state index contributed by atoms with van der Waals surface area (Å²) in [4.78, 5) is 37.4. The molecule has 2 heterocycles. The number of carbonyl (C=O) groups excluding carboxylic acids is 1. The van der Waals surface area contributed by atoms with Crippen molar-refractivity contribution in [1.82, 2.24) is 19.5 Å². The fraction of sp³-hybridized carbons (Fsp3) is 0.174. The first-order valence-electron chi connectivity index (χ1n) is 9.84. The molecule has 0 radical (unpaired) electrons. The standard InChI is InChI=1S/C23H21N5O3/c1-3-21(29)26-16-6-8-17(9-7-16)28-22(30)14-24-19-13-25-20(27-23(19)28)12-15-4-10-18(31-2)11-5-15/h4-11,13-14H,3,12H2,1-2H3,(H,26,29). The molecule has 0 saturated heterocycles.